The van der Waals surface area contributed by atoms with E-state index in [-0.39, 0.29) is 24.2 Å². The van der Waals surface area contributed by atoms with Gasteiger partial charge in [-0.15, -0.1) is 23.7 Å². The fourth-order valence-electron chi connectivity index (χ4n) is 4.95. The molecule has 1 saturated heterocycles. The van der Waals surface area contributed by atoms with Crippen LogP contribution >= 0.6 is 47.3 Å². The summed E-state index contributed by atoms with van der Waals surface area (Å²) in [7, 11) is 0. The van der Waals surface area contributed by atoms with Gasteiger partial charge >= 0.3 is 0 Å². The van der Waals surface area contributed by atoms with E-state index < -0.39 is 0 Å². The fraction of sp³-hybridized carbons (Fsp3) is 0.276. The Morgan fingerprint density at radius 1 is 1.03 bits per heavy atom. The van der Waals surface area contributed by atoms with Crippen LogP contribution in [-0.4, -0.2) is 45.7 Å². The molecular weight excluding hydrogens is 568 g/mol. The molecule has 1 fully saturated rings. The molecule has 10 heteroatoms. The molecule has 1 aromatic carbocycles. The van der Waals surface area contributed by atoms with Crippen LogP contribution < -0.4 is 5.32 Å². The minimum Gasteiger partial charge on any atom is -0.352 e. The number of rotatable bonds is 8. The molecule has 0 spiro atoms. The summed E-state index contributed by atoms with van der Waals surface area (Å²) < 4.78 is 3.21. The zero-order valence-corrected chi connectivity index (χ0v) is 24.5. The summed E-state index contributed by atoms with van der Waals surface area (Å²) in [6, 6.07) is 20.2. The fourth-order valence-corrected chi connectivity index (χ4v) is 8.05. The van der Waals surface area contributed by atoms with E-state index in [1.807, 2.05) is 65.7 Å². The number of likely N-dealkylation sites (tertiary alicyclic amines) is 1. The molecule has 0 saturated carbocycles. The Morgan fingerprint density at radius 2 is 1.85 bits per heavy atom. The molecule has 0 atom stereocenters. The van der Waals surface area contributed by atoms with Gasteiger partial charge in [-0.2, -0.15) is 0 Å². The Hall–Kier alpha value is -2.72. The summed E-state index contributed by atoms with van der Waals surface area (Å²) in [5, 5.41) is 4.10. The van der Waals surface area contributed by atoms with Gasteiger partial charge in [0, 0.05) is 24.5 Å². The third-order valence-electron chi connectivity index (χ3n) is 6.97. The molecular formula is C29H29ClN4O2S3. The third-order valence-corrected chi connectivity index (χ3v) is 10.2. The van der Waals surface area contributed by atoms with Crippen molar-refractivity contribution in [2.75, 3.05) is 19.6 Å². The van der Waals surface area contributed by atoms with Gasteiger partial charge in [0.05, 0.1) is 30.9 Å². The zero-order valence-electron chi connectivity index (χ0n) is 21.2. The summed E-state index contributed by atoms with van der Waals surface area (Å²) in [4.78, 5) is 34.9. The number of nitrogens with zero attached hydrogens (tertiary/aromatic N) is 3. The monoisotopic (exact) mass is 596 g/mol. The Kier molecular flexibility index (Phi) is 9.02. The zero-order chi connectivity index (χ0) is 25.9. The number of amides is 2. The van der Waals surface area contributed by atoms with Crippen LogP contribution in [0.3, 0.4) is 0 Å². The van der Waals surface area contributed by atoms with Crippen molar-refractivity contribution in [3.63, 3.8) is 0 Å². The van der Waals surface area contributed by atoms with Crippen LogP contribution in [0.4, 0.5) is 0 Å². The minimum atomic E-state index is -0.0272. The van der Waals surface area contributed by atoms with Crippen LogP contribution in [0, 0.1) is 5.92 Å². The average molecular weight is 597 g/mol. The predicted octanol–water partition coefficient (Wildman–Crippen LogP) is 6.86. The first kappa shape index (κ1) is 27.8. The average Bonchev–Trinajstić information content (AvgIpc) is 3.60. The van der Waals surface area contributed by atoms with Crippen molar-refractivity contribution < 1.29 is 9.59 Å². The molecule has 202 valence electrons. The summed E-state index contributed by atoms with van der Waals surface area (Å²) in [5.74, 6) is 0.718. The summed E-state index contributed by atoms with van der Waals surface area (Å²) in [5.41, 5.74) is 1.84. The second-order valence-electron chi connectivity index (χ2n) is 9.52. The number of piperidine rings is 1. The Balaban J connectivity index is 0.00000308. The molecule has 2 aliphatic heterocycles. The van der Waals surface area contributed by atoms with Crippen LogP contribution in [0.5, 0.6) is 0 Å². The Labute approximate surface area is 246 Å². The topological polar surface area (TPSA) is 66.7 Å². The first-order valence-corrected chi connectivity index (χ1v) is 15.4. The molecule has 6 rings (SSSR count). The number of thioether (sulfide) groups is 1. The number of hydrogen-bond acceptors (Lipinski definition) is 6. The second kappa shape index (κ2) is 12.6. The van der Waals surface area contributed by atoms with E-state index in [0.29, 0.717) is 17.4 Å². The van der Waals surface area contributed by atoms with E-state index in [1.54, 1.807) is 23.1 Å². The summed E-state index contributed by atoms with van der Waals surface area (Å²) in [6.07, 6.45) is 7.77. The second-order valence-corrected chi connectivity index (χ2v) is 13.0. The molecule has 1 N–H and O–H groups in total. The van der Waals surface area contributed by atoms with Gasteiger partial charge in [0.25, 0.3) is 11.8 Å². The minimum absolute atomic E-state index is 0. The number of pyridine rings is 1. The number of carbonyl (C=O) groups is 2. The SMILES string of the molecule is Cl.O=C(NCCCC1CCN(C(=O)c2ccc(Sc3ccccc3)s2)CC1)C1=Cc2cnc3cccc(n23)S1. The third kappa shape index (κ3) is 6.38. The number of halogens is 1. The van der Waals surface area contributed by atoms with Gasteiger partial charge in [0.1, 0.15) is 5.65 Å². The molecule has 5 heterocycles. The quantitative estimate of drug-likeness (QED) is 0.225. The van der Waals surface area contributed by atoms with E-state index in [9.17, 15) is 9.59 Å². The number of thiophene rings is 1. The number of imidazole rings is 1. The smallest absolute Gasteiger partial charge is 0.263 e. The summed E-state index contributed by atoms with van der Waals surface area (Å²) >= 11 is 4.76. The van der Waals surface area contributed by atoms with Crippen molar-refractivity contribution in [1.29, 1.82) is 0 Å². The van der Waals surface area contributed by atoms with Crippen LogP contribution in [0.15, 0.2) is 85.9 Å². The van der Waals surface area contributed by atoms with Crippen LogP contribution in [-0.2, 0) is 4.79 Å². The van der Waals surface area contributed by atoms with Crippen LogP contribution in [0.25, 0.3) is 11.7 Å². The first-order chi connectivity index (χ1) is 18.6. The lowest BCUT2D eigenvalue weighted by Gasteiger charge is -2.31. The van der Waals surface area contributed by atoms with Crippen molar-refractivity contribution in [3.05, 3.63) is 82.3 Å². The maximum absolute atomic E-state index is 13.0. The van der Waals surface area contributed by atoms with Gasteiger partial charge < -0.3 is 10.2 Å². The Morgan fingerprint density at radius 3 is 2.67 bits per heavy atom. The van der Waals surface area contributed by atoms with Gasteiger partial charge in [-0.05, 0) is 74.1 Å². The molecule has 3 aromatic heterocycles. The lowest BCUT2D eigenvalue weighted by molar-refractivity contribution is -0.116. The summed E-state index contributed by atoms with van der Waals surface area (Å²) in [6.45, 7) is 2.27. The van der Waals surface area contributed by atoms with Crippen molar-refractivity contribution in [2.45, 2.75) is 39.8 Å². The Bertz CT molecular complexity index is 1490. The molecule has 0 radical (unpaired) electrons. The molecule has 4 aromatic rings. The van der Waals surface area contributed by atoms with Crippen molar-refractivity contribution >= 4 is 70.8 Å². The highest BCUT2D eigenvalue weighted by atomic mass is 35.5. The maximum Gasteiger partial charge on any atom is 0.263 e. The molecule has 39 heavy (non-hydrogen) atoms. The lowest BCUT2D eigenvalue weighted by atomic mass is 9.92. The van der Waals surface area contributed by atoms with Crippen molar-refractivity contribution in [3.8, 4) is 0 Å². The molecule has 6 nitrogen and oxygen atoms in total. The molecule has 0 unspecified atom stereocenters. The van der Waals surface area contributed by atoms with Crippen molar-refractivity contribution in [2.24, 2.45) is 5.92 Å². The van der Waals surface area contributed by atoms with E-state index >= 15 is 0 Å². The van der Waals surface area contributed by atoms with Crippen LogP contribution in [0.1, 0.15) is 41.0 Å². The number of benzene rings is 1. The maximum atomic E-state index is 13.0. The highest BCUT2D eigenvalue weighted by Crippen LogP contribution is 2.35. The van der Waals surface area contributed by atoms with Gasteiger partial charge in [0.2, 0.25) is 0 Å². The highest BCUT2D eigenvalue weighted by Gasteiger charge is 2.25. The standard InChI is InChI=1S/C29H28N4O2S3.ClH/c34-28(24-18-21-19-31-25-9-4-10-26(37-24)33(21)25)30-15-5-6-20-13-16-32(17-14-20)29(35)23-11-12-27(38-23)36-22-7-2-1-3-8-22;/h1-4,7-12,18-20H,5-6,13-17H2,(H,30,34);1H. The van der Waals surface area contributed by atoms with Gasteiger partial charge in [-0.1, -0.05) is 47.8 Å². The van der Waals surface area contributed by atoms with E-state index in [1.165, 1.54) is 16.7 Å². The lowest BCUT2D eigenvalue weighted by Crippen LogP contribution is -2.38. The van der Waals surface area contributed by atoms with E-state index in [4.69, 9.17) is 0 Å². The normalized spacial score (nSPS) is 15.1. The molecule has 0 aliphatic carbocycles. The molecule has 2 amide bonds. The number of nitrogens with one attached hydrogen (secondary N) is 1. The highest BCUT2D eigenvalue weighted by molar-refractivity contribution is 8.04. The van der Waals surface area contributed by atoms with E-state index in [0.717, 1.165) is 64.2 Å². The van der Waals surface area contributed by atoms with Gasteiger partial charge in [0.15, 0.2) is 0 Å². The number of carbonyl (C=O) groups excluding carboxylic acids is 2. The van der Waals surface area contributed by atoms with Gasteiger partial charge in [-0.25, -0.2) is 4.98 Å². The molecule has 0 bridgehead atoms. The number of aromatic nitrogens is 2. The number of hydrogen-bond donors (Lipinski definition) is 1. The molecule has 2 aliphatic rings. The largest absolute Gasteiger partial charge is 0.352 e. The van der Waals surface area contributed by atoms with Gasteiger partial charge in [-0.3, -0.25) is 14.0 Å². The van der Waals surface area contributed by atoms with Crippen molar-refractivity contribution in [1.82, 2.24) is 19.6 Å². The van der Waals surface area contributed by atoms with E-state index in [2.05, 4.69) is 26.8 Å². The predicted molar refractivity (Wildman–Crippen MR) is 162 cm³/mol. The first-order valence-electron chi connectivity index (χ1n) is 12.9. The van der Waals surface area contributed by atoms with Crippen LogP contribution in [0.2, 0.25) is 0 Å².